The lowest BCUT2D eigenvalue weighted by Gasteiger charge is -2.07. The summed E-state index contributed by atoms with van der Waals surface area (Å²) in [7, 11) is 0. The van der Waals surface area contributed by atoms with Crippen LogP contribution in [0.2, 0.25) is 0 Å². The molecule has 1 N–H and O–H groups in total. The Balaban J connectivity index is 2.48. The lowest BCUT2D eigenvalue weighted by Crippen LogP contribution is -1.99. The Morgan fingerprint density at radius 1 is 1.25 bits per heavy atom. The van der Waals surface area contributed by atoms with Crippen LogP contribution >= 0.6 is 0 Å². The molecule has 0 amide bonds. The molecule has 0 bridgehead atoms. The van der Waals surface area contributed by atoms with Gasteiger partial charge in [-0.1, -0.05) is 32.3 Å². The number of benzene rings is 1. The first-order valence-electron chi connectivity index (χ1n) is 6.67. The molecule has 104 valence electrons. The van der Waals surface area contributed by atoms with Gasteiger partial charge in [-0.2, -0.15) is 15.6 Å². The van der Waals surface area contributed by atoms with Crippen LogP contribution in [0.3, 0.4) is 0 Å². The highest BCUT2D eigenvalue weighted by Crippen LogP contribution is 2.17. The second kappa shape index (κ2) is 9.41. The number of hydrazone groups is 1. The number of hydrogen-bond acceptors (Lipinski definition) is 5. The van der Waals surface area contributed by atoms with Crippen LogP contribution in [-0.4, -0.2) is 12.3 Å². The van der Waals surface area contributed by atoms with E-state index in [9.17, 15) is 0 Å². The van der Waals surface area contributed by atoms with Crippen LogP contribution in [0.25, 0.3) is 0 Å². The van der Waals surface area contributed by atoms with Gasteiger partial charge in [-0.25, -0.2) is 0 Å². The Morgan fingerprint density at radius 3 is 2.75 bits per heavy atom. The number of ether oxygens (including phenoxy) is 1. The molecule has 5 heteroatoms. The molecule has 20 heavy (non-hydrogen) atoms. The molecule has 0 saturated carbocycles. The molecule has 0 radical (unpaired) electrons. The lowest BCUT2D eigenvalue weighted by atomic mass is 10.2. The molecule has 5 nitrogen and oxygen atoms in total. The number of unbranched alkanes of at least 4 members (excludes halogenated alkanes) is 3. The largest absolute Gasteiger partial charge is 0.494 e. The molecule has 1 rings (SSSR count). The van der Waals surface area contributed by atoms with Gasteiger partial charge in [0, 0.05) is 6.07 Å². The van der Waals surface area contributed by atoms with Gasteiger partial charge in [0.05, 0.1) is 12.3 Å². The van der Waals surface area contributed by atoms with Gasteiger partial charge in [0.2, 0.25) is 5.71 Å². The van der Waals surface area contributed by atoms with Gasteiger partial charge in [-0.3, -0.25) is 5.43 Å². The summed E-state index contributed by atoms with van der Waals surface area (Å²) in [6, 6.07) is 10.6. The Bertz CT molecular complexity index is 509. The van der Waals surface area contributed by atoms with Crippen molar-refractivity contribution in [2.75, 3.05) is 12.0 Å². The predicted octanol–water partition coefficient (Wildman–Crippen LogP) is 3.46. The van der Waals surface area contributed by atoms with Crippen molar-refractivity contribution in [1.82, 2.24) is 0 Å². The average Bonchev–Trinajstić information content (AvgIpc) is 2.48. The Labute approximate surface area is 119 Å². The van der Waals surface area contributed by atoms with Crippen molar-refractivity contribution in [3.8, 4) is 17.9 Å². The zero-order chi connectivity index (χ0) is 14.6. The highest BCUT2D eigenvalue weighted by atomic mass is 16.5. The van der Waals surface area contributed by atoms with E-state index in [1.807, 2.05) is 12.1 Å². The number of anilines is 1. The Hall–Kier alpha value is -2.53. The molecule has 0 saturated heterocycles. The summed E-state index contributed by atoms with van der Waals surface area (Å²) in [6.07, 6.45) is 4.64. The van der Waals surface area contributed by atoms with Gasteiger partial charge in [0.1, 0.15) is 17.9 Å². The smallest absolute Gasteiger partial charge is 0.237 e. The fourth-order valence-electron chi connectivity index (χ4n) is 1.57. The summed E-state index contributed by atoms with van der Waals surface area (Å²) in [5.74, 6) is 0.747. The van der Waals surface area contributed by atoms with Crippen LogP contribution in [0.15, 0.2) is 29.4 Å². The minimum atomic E-state index is -0.212. The highest BCUT2D eigenvalue weighted by Gasteiger charge is 1.98. The molecule has 0 fully saturated rings. The quantitative estimate of drug-likeness (QED) is 0.445. The van der Waals surface area contributed by atoms with Crippen LogP contribution in [0, 0.1) is 22.7 Å². The second-order valence-electron chi connectivity index (χ2n) is 4.23. The van der Waals surface area contributed by atoms with Crippen molar-refractivity contribution in [2.24, 2.45) is 5.10 Å². The summed E-state index contributed by atoms with van der Waals surface area (Å²) in [5, 5.41) is 20.8. The van der Waals surface area contributed by atoms with Crippen LogP contribution in [0.1, 0.15) is 32.6 Å². The van der Waals surface area contributed by atoms with E-state index < -0.39 is 0 Å². The van der Waals surface area contributed by atoms with E-state index in [4.69, 9.17) is 15.3 Å². The summed E-state index contributed by atoms with van der Waals surface area (Å²) in [5.41, 5.74) is 3.13. The van der Waals surface area contributed by atoms with Crippen LogP contribution in [0.4, 0.5) is 5.69 Å². The van der Waals surface area contributed by atoms with Crippen molar-refractivity contribution in [3.05, 3.63) is 24.3 Å². The topological polar surface area (TPSA) is 81.2 Å². The zero-order valence-electron chi connectivity index (χ0n) is 11.6. The number of hydrogen-bond donors (Lipinski definition) is 1. The maximum Gasteiger partial charge on any atom is 0.237 e. The third-order valence-electron chi connectivity index (χ3n) is 2.61. The van der Waals surface area contributed by atoms with Gasteiger partial charge >= 0.3 is 0 Å². The van der Waals surface area contributed by atoms with Gasteiger partial charge in [0.25, 0.3) is 0 Å². The molecule has 0 aliphatic heterocycles. The maximum absolute atomic E-state index is 8.58. The molecule has 1 aromatic rings. The number of nitrogens with zero attached hydrogens (tertiary/aromatic N) is 3. The second-order valence-corrected chi connectivity index (χ2v) is 4.23. The van der Waals surface area contributed by atoms with Crippen LogP contribution < -0.4 is 10.2 Å². The van der Waals surface area contributed by atoms with Crippen molar-refractivity contribution in [1.29, 1.82) is 10.5 Å². The van der Waals surface area contributed by atoms with Gasteiger partial charge in [-0.05, 0) is 18.6 Å². The third-order valence-corrected chi connectivity index (χ3v) is 2.61. The normalized spacial score (nSPS) is 9.15. The first-order valence-corrected chi connectivity index (χ1v) is 6.67. The maximum atomic E-state index is 8.58. The Kier molecular flexibility index (Phi) is 7.30. The van der Waals surface area contributed by atoms with Crippen molar-refractivity contribution < 1.29 is 4.74 Å². The van der Waals surface area contributed by atoms with Crippen molar-refractivity contribution >= 4 is 11.4 Å². The molecule has 0 unspecified atom stereocenters. The lowest BCUT2D eigenvalue weighted by molar-refractivity contribution is 0.305. The number of nitriles is 2. The molecule has 0 aliphatic rings. The summed E-state index contributed by atoms with van der Waals surface area (Å²) in [6.45, 7) is 2.86. The highest BCUT2D eigenvalue weighted by molar-refractivity contribution is 6.10. The van der Waals surface area contributed by atoms with Crippen LogP contribution in [-0.2, 0) is 0 Å². The van der Waals surface area contributed by atoms with E-state index in [2.05, 4.69) is 17.5 Å². The molecular weight excluding hydrogens is 252 g/mol. The predicted molar refractivity (Wildman–Crippen MR) is 78.4 cm³/mol. The minimum absolute atomic E-state index is 0.212. The molecule has 0 heterocycles. The molecule has 0 aliphatic carbocycles. The molecular formula is C15H18N4O. The first-order chi connectivity index (χ1) is 9.80. The zero-order valence-corrected chi connectivity index (χ0v) is 11.6. The molecule has 0 aromatic heterocycles. The third kappa shape index (κ3) is 5.88. The van der Waals surface area contributed by atoms with E-state index in [1.165, 1.54) is 19.3 Å². The molecule has 0 atom stereocenters. The summed E-state index contributed by atoms with van der Waals surface area (Å²) < 4.78 is 5.63. The SMILES string of the molecule is CCCCCCOc1cccc(NN=C(C#N)C#N)c1. The van der Waals surface area contributed by atoms with Gasteiger partial charge < -0.3 is 4.74 Å². The van der Waals surface area contributed by atoms with Crippen molar-refractivity contribution in [3.63, 3.8) is 0 Å². The minimum Gasteiger partial charge on any atom is -0.494 e. The average molecular weight is 270 g/mol. The van der Waals surface area contributed by atoms with E-state index in [1.54, 1.807) is 24.3 Å². The van der Waals surface area contributed by atoms with E-state index in [0.717, 1.165) is 12.2 Å². The van der Waals surface area contributed by atoms with Gasteiger partial charge in [-0.15, -0.1) is 0 Å². The molecule has 1 aromatic carbocycles. The van der Waals surface area contributed by atoms with Gasteiger partial charge in [0.15, 0.2) is 0 Å². The van der Waals surface area contributed by atoms with Crippen molar-refractivity contribution in [2.45, 2.75) is 32.6 Å². The fraction of sp³-hybridized carbons (Fsp3) is 0.400. The fourth-order valence-corrected chi connectivity index (χ4v) is 1.57. The van der Waals surface area contributed by atoms with E-state index in [-0.39, 0.29) is 5.71 Å². The van der Waals surface area contributed by atoms with Crippen LogP contribution in [0.5, 0.6) is 5.75 Å². The summed E-state index contributed by atoms with van der Waals surface area (Å²) in [4.78, 5) is 0. The van der Waals surface area contributed by atoms with E-state index in [0.29, 0.717) is 12.3 Å². The summed E-state index contributed by atoms with van der Waals surface area (Å²) >= 11 is 0. The monoisotopic (exact) mass is 270 g/mol. The standard InChI is InChI=1S/C15H18N4O/c1-2-3-4-5-9-20-15-8-6-7-13(10-15)18-19-14(11-16)12-17/h6-8,10,18H,2-5,9H2,1H3. The molecule has 0 spiro atoms. The van der Waals surface area contributed by atoms with E-state index >= 15 is 0 Å². The number of rotatable bonds is 8. The first kappa shape index (κ1) is 15.5. The number of nitrogens with one attached hydrogen (secondary N) is 1. The Morgan fingerprint density at radius 2 is 2.05 bits per heavy atom.